The molecule has 0 saturated carbocycles. The lowest BCUT2D eigenvalue weighted by atomic mass is 10.3. The van der Waals surface area contributed by atoms with E-state index in [1.807, 2.05) is 13.0 Å². The molecule has 1 amide bonds. The van der Waals surface area contributed by atoms with E-state index in [-0.39, 0.29) is 5.91 Å². The predicted molar refractivity (Wildman–Crippen MR) is 76.4 cm³/mol. The molecule has 0 aliphatic carbocycles. The molecule has 0 radical (unpaired) electrons. The second kappa shape index (κ2) is 6.06. The molecule has 0 aromatic carbocycles. The highest BCUT2D eigenvalue weighted by molar-refractivity contribution is 7.18. The largest absolute Gasteiger partial charge is 0.397 e. The highest BCUT2D eigenvalue weighted by atomic mass is 32.1. The minimum atomic E-state index is -0.0549. The number of nitrogen functional groups attached to an aromatic ring is 1. The minimum Gasteiger partial charge on any atom is -0.397 e. The number of hydrogen-bond acceptors (Lipinski definition) is 5. The lowest BCUT2D eigenvalue weighted by Crippen LogP contribution is -2.43. The molecule has 100 valence electrons. The van der Waals surface area contributed by atoms with Gasteiger partial charge in [-0.1, -0.05) is 6.92 Å². The van der Waals surface area contributed by atoms with E-state index in [4.69, 9.17) is 5.73 Å². The van der Waals surface area contributed by atoms with Crippen LogP contribution in [0.4, 0.5) is 10.7 Å². The van der Waals surface area contributed by atoms with Crippen LogP contribution in [0.25, 0.3) is 0 Å². The van der Waals surface area contributed by atoms with Crippen molar-refractivity contribution < 1.29 is 4.79 Å². The highest BCUT2D eigenvalue weighted by Crippen LogP contribution is 2.32. The molecule has 1 fully saturated rings. The standard InChI is InChI=1S/C12H20N4OS/c1-2-3-15-12(17)11-9(13)8-10(18-11)16-6-4-14-5-7-16/h8,14H,2-7,13H2,1H3,(H,15,17). The van der Waals surface area contributed by atoms with Crippen LogP contribution in [0.2, 0.25) is 0 Å². The van der Waals surface area contributed by atoms with Crippen LogP contribution in [0.15, 0.2) is 6.07 Å². The number of hydrogen-bond donors (Lipinski definition) is 3. The number of carbonyl (C=O) groups is 1. The van der Waals surface area contributed by atoms with Gasteiger partial charge in [-0.05, 0) is 12.5 Å². The molecule has 18 heavy (non-hydrogen) atoms. The number of anilines is 2. The topological polar surface area (TPSA) is 70.4 Å². The molecule has 2 rings (SSSR count). The van der Waals surface area contributed by atoms with Crippen LogP contribution in [0.3, 0.4) is 0 Å². The molecule has 0 spiro atoms. The maximum absolute atomic E-state index is 11.9. The van der Waals surface area contributed by atoms with Crippen molar-refractivity contribution in [2.75, 3.05) is 43.4 Å². The number of nitrogens with one attached hydrogen (secondary N) is 2. The lowest BCUT2D eigenvalue weighted by molar-refractivity contribution is 0.0958. The third kappa shape index (κ3) is 2.94. The maximum Gasteiger partial charge on any atom is 0.263 e. The van der Waals surface area contributed by atoms with Crippen LogP contribution in [-0.4, -0.2) is 38.6 Å². The van der Waals surface area contributed by atoms with Gasteiger partial charge in [0, 0.05) is 32.7 Å². The number of carbonyl (C=O) groups excluding carboxylic acids is 1. The van der Waals surface area contributed by atoms with Crippen molar-refractivity contribution in [1.82, 2.24) is 10.6 Å². The third-order valence-electron chi connectivity index (χ3n) is 2.92. The van der Waals surface area contributed by atoms with E-state index in [2.05, 4.69) is 15.5 Å². The van der Waals surface area contributed by atoms with Gasteiger partial charge < -0.3 is 21.3 Å². The number of nitrogens with zero attached hydrogens (tertiary/aromatic N) is 1. The zero-order chi connectivity index (χ0) is 13.0. The second-order valence-electron chi connectivity index (χ2n) is 4.36. The third-order valence-corrected chi connectivity index (χ3v) is 4.13. The molecular formula is C12H20N4OS. The van der Waals surface area contributed by atoms with Gasteiger partial charge in [-0.3, -0.25) is 4.79 Å². The number of piperazine rings is 1. The molecular weight excluding hydrogens is 248 g/mol. The van der Waals surface area contributed by atoms with Gasteiger partial charge in [0.1, 0.15) is 4.88 Å². The Balaban J connectivity index is 2.08. The van der Waals surface area contributed by atoms with E-state index >= 15 is 0 Å². The van der Waals surface area contributed by atoms with Crippen LogP contribution in [0.1, 0.15) is 23.0 Å². The van der Waals surface area contributed by atoms with Crippen LogP contribution in [0.5, 0.6) is 0 Å². The average molecular weight is 268 g/mol. The van der Waals surface area contributed by atoms with E-state index < -0.39 is 0 Å². The van der Waals surface area contributed by atoms with E-state index in [1.54, 1.807) is 0 Å². The quantitative estimate of drug-likeness (QED) is 0.758. The summed E-state index contributed by atoms with van der Waals surface area (Å²) in [7, 11) is 0. The maximum atomic E-state index is 11.9. The van der Waals surface area contributed by atoms with Gasteiger partial charge >= 0.3 is 0 Å². The number of nitrogens with two attached hydrogens (primary N) is 1. The molecule has 6 heteroatoms. The molecule has 0 unspecified atom stereocenters. The molecule has 0 atom stereocenters. The molecule has 5 nitrogen and oxygen atoms in total. The molecule has 1 aliphatic rings. The van der Waals surface area contributed by atoms with E-state index in [0.29, 0.717) is 17.1 Å². The Kier molecular flexibility index (Phi) is 4.43. The summed E-state index contributed by atoms with van der Waals surface area (Å²) in [5, 5.41) is 7.27. The van der Waals surface area contributed by atoms with E-state index in [0.717, 1.165) is 37.6 Å². The fourth-order valence-corrected chi connectivity index (χ4v) is 2.98. The molecule has 1 aromatic rings. The Morgan fingerprint density at radius 1 is 1.56 bits per heavy atom. The highest BCUT2D eigenvalue weighted by Gasteiger charge is 2.18. The fourth-order valence-electron chi connectivity index (χ4n) is 1.93. The van der Waals surface area contributed by atoms with E-state index in [1.165, 1.54) is 11.3 Å². The van der Waals surface area contributed by atoms with Gasteiger partial charge in [0.15, 0.2) is 0 Å². The number of thiophene rings is 1. The van der Waals surface area contributed by atoms with Crippen LogP contribution in [0, 0.1) is 0 Å². The van der Waals surface area contributed by atoms with Crippen molar-refractivity contribution >= 4 is 27.9 Å². The molecule has 1 aromatic heterocycles. The fraction of sp³-hybridized carbons (Fsp3) is 0.583. The van der Waals surface area contributed by atoms with Crippen molar-refractivity contribution in [2.45, 2.75) is 13.3 Å². The smallest absolute Gasteiger partial charge is 0.263 e. The van der Waals surface area contributed by atoms with Crippen molar-refractivity contribution in [3.8, 4) is 0 Å². The molecule has 4 N–H and O–H groups in total. The van der Waals surface area contributed by atoms with Crippen molar-refractivity contribution in [3.05, 3.63) is 10.9 Å². The number of rotatable bonds is 4. The van der Waals surface area contributed by atoms with Crippen LogP contribution < -0.4 is 21.3 Å². The van der Waals surface area contributed by atoms with Gasteiger partial charge in [0.05, 0.1) is 10.7 Å². The monoisotopic (exact) mass is 268 g/mol. The number of amides is 1. The summed E-state index contributed by atoms with van der Waals surface area (Å²) in [5.41, 5.74) is 6.51. The van der Waals surface area contributed by atoms with Gasteiger partial charge in [-0.2, -0.15) is 0 Å². The van der Waals surface area contributed by atoms with Gasteiger partial charge in [0.2, 0.25) is 0 Å². The first-order chi connectivity index (χ1) is 8.72. The summed E-state index contributed by atoms with van der Waals surface area (Å²) in [6.45, 7) is 6.62. The van der Waals surface area contributed by atoms with Gasteiger partial charge in [0.25, 0.3) is 5.91 Å². The predicted octanol–water partition coefficient (Wildman–Crippen LogP) is 0.880. The Bertz CT molecular complexity index is 412. The first kappa shape index (κ1) is 13.2. The average Bonchev–Trinajstić information content (AvgIpc) is 2.79. The van der Waals surface area contributed by atoms with E-state index in [9.17, 15) is 4.79 Å². The zero-order valence-electron chi connectivity index (χ0n) is 10.7. The first-order valence-corrected chi connectivity index (χ1v) is 7.17. The van der Waals surface area contributed by atoms with Crippen molar-refractivity contribution in [3.63, 3.8) is 0 Å². The van der Waals surface area contributed by atoms with Gasteiger partial charge in [-0.25, -0.2) is 0 Å². The summed E-state index contributed by atoms with van der Waals surface area (Å²) in [5.74, 6) is -0.0549. The van der Waals surface area contributed by atoms with Gasteiger partial charge in [-0.15, -0.1) is 11.3 Å². The first-order valence-electron chi connectivity index (χ1n) is 6.35. The summed E-state index contributed by atoms with van der Waals surface area (Å²) < 4.78 is 0. The SMILES string of the molecule is CCCNC(=O)c1sc(N2CCNCC2)cc1N. The lowest BCUT2D eigenvalue weighted by Gasteiger charge is -2.27. The summed E-state index contributed by atoms with van der Waals surface area (Å²) in [4.78, 5) is 14.8. The molecule has 1 aliphatic heterocycles. The molecule has 1 saturated heterocycles. The molecule has 2 heterocycles. The van der Waals surface area contributed by atoms with Crippen LogP contribution in [-0.2, 0) is 0 Å². The zero-order valence-corrected chi connectivity index (χ0v) is 11.5. The minimum absolute atomic E-state index is 0.0549. The molecule has 0 bridgehead atoms. The Morgan fingerprint density at radius 2 is 2.28 bits per heavy atom. The van der Waals surface area contributed by atoms with Crippen molar-refractivity contribution in [2.24, 2.45) is 0 Å². The Labute approximate surface area is 111 Å². The summed E-state index contributed by atoms with van der Waals surface area (Å²) in [6.07, 6.45) is 0.932. The normalized spacial score (nSPS) is 15.7. The second-order valence-corrected chi connectivity index (χ2v) is 5.39. The van der Waals surface area contributed by atoms with Crippen LogP contribution >= 0.6 is 11.3 Å². The summed E-state index contributed by atoms with van der Waals surface area (Å²) >= 11 is 1.49. The Hall–Kier alpha value is -1.27. The Morgan fingerprint density at radius 3 is 2.94 bits per heavy atom. The van der Waals surface area contributed by atoms with Crippen molar-refractivity contribution in [1.29, 1.82) is 0 Å². The summed E-state index contributed by atoms with van der Waals surface area (Å²) in [6, 6.07) is 1.91.